The summed E-state index contributed by atoms with van der Waals surface area (Å²) >= 11 is 0. The summed E-state index contributed by atoms with van der Waals surface area (Å²) in [4.78, 5) is 32.6. The molecular formula is C29H37N3O5. The molecule has 3 aromatic rings. The van der Waals surface area contributed by atoms with Crippen LogP contribution in [-0.4, -0.2) is 47.1 Å². The largest absolute Gasteiger partial charge is 0.441 e. The molecule has 5 rings (SSSR count). The summed E-state index contributed by atoms with van der Waals surface area (Å²) in [6.45, 7) is 8.49. The first-order valence-electron chi connectivity index (χ1n) is 13.3. The zero-order chi connectivity index (χ0) is 26.3. The second kappa shape index (κ2) is 10.1. The number of rotatable bonds is 7. The molecule has 0 amide bonds. The van der Waals surface area contributed by atoms with Crippen LogP contribution >= 0.6 is 0 Å². The minimum Gasteiger partial charge on any atom is -0.441 e. The van der Waals surface area contributed by atoms with Crippen molar-refractivity contribution in [3.63, 3.8) is 0 Å². The molecule has 0 radical (unpaired) electrons. The van der Waals surface area contributed by atoms with Gasteiger partial charge in [0.25, 0.3) is 0 Å². The Morgan fingerprint density at radius 2 is 2.05 bits per heavy atom. The van der Waals surface area contributed by atoms with Gasteiger partial charge in [-0.3, -0.25) is 9.59 Å². The number of aldehydes is 1. The molecule has 2 aromatic heterocycles. The van der Waals surface area contributed by atoms with Gasteiger partial charge in [0.05, 0.1) is 29.9 Å². The first-order chi connectivity index (χ1) is 17.8. The Labute approximate surface area is 217 Å². The van der Waals surface area contributed by atoms with Crippen LogP contribution in [0.15, 0.2) is 34.9 Å². The highest BCUT2D eigenvalue weighted by atomic mass is 16.7. The number of aromatic nitrogens is 2. The standard InChI is InChI=1S/C29H37N3O5/c1-16-10-11-29(18(3)13-17(2)28(37-29)19(4)27(34)22-7-6-12-31-22)36-24(16)14-25-32-26-20(15-33)21(30-5)8-9-23(26)35-25/h6-9,12,15-19,24,28,30-31H,10-11,13-14H2,1-5H3/t16?,17-,18?,19-,24?,28?,29?/m1/s1. The third kappa shape index (κ3) is 4.61. The van der Waals surface area contributed by atoms with Crippen molar-refractivity contribution in [2.24, 2.45) is 23.7 Å². The van der Waals surface area contributed by atoms with Gasteiger partial charge >= 0.3 is 0 Å². The van der Waals surface area contributed by atoms with E-state index in [2.05, 4.69) is 36.1 Å². The minimum absolute atomic E-state index is 0.0608. The number of nitrogens with zero attached hydrogens (tertiary/aromatic N) is 1. The lowest BCUT2D eigenvalue weighted by molar-refractivity contribution is -0.355. The smallest absolute Gasteiger partial charge is 0.198 e. The number of aromatic amines is 1. The van der Waals surface area contributed by atoms with E-state index < -0.39 is 5.79 Å². The van der Waals surface area contributed by atoms with Crippen molar-refractivity contribution in [1.82, 2.24) is 9.97 Å². The Bertz CT molecular complexity index is 1270. The number of hydrogen-bond acceptors (Lipinski definition) is 7. The predicted molar refractivity (Wildman–Crippen MR) is 141 cm³/mol. The average molecular weight is 508 g/mol. The summed E-state index contributed by atoms with van der Waals surface area (Å²) in [5.41, 5.74) is 2.96. The molecule has 0 aliphatic carbocycles. The third-order valence-corrected chi connectivity index (χ3v) is 8.48. The summed E-state index contributed by atoms with van der Waals surface area (Å²) in [7, 11) is 1.78. The Morgan fingerprint density at radius 1 is 1.24 bits per heavy atom. The Kier molecular flexibility index (Phi) is 6.98. The fraction of sp³-hybridized carbons (Fsp3) is 0.552. The molecule has 8 nitrogen and oxygen atoms in total. The molecule has 0 saturated carbocycles. The van der Waals surface area contributed by atoms with Crippen LogP contribution < -0.4 is 5.32 Å². The molecular weight excluding hydrogens is 470 g/mol. The summed E-state index contributed by atoms with van der Waals surface area (Å²) < 4.78 is 19.7. The molecule has 198 valence electrons. The van der Waals surface area contributed by atoms with Gasteiger partial charge in [-0.2, -0.15) is 0 Å². The highest BCUT2D eigenvalue weighted by Crippen LogP contribution is 2.48. The number of ether oxygens (including phenoxy) is 2. The van der Waals surface area contributed by atoms with Gasteiger partial charge < -0.3 is 24.2 Å². The number of Topliss-reactive ketones (excluding diaryl/α,β-unsaturated/α-hetero) is 1. The quantitative estimate of drug-likeness (QED) is 0.315. The normalized spacial score (nSPS) is 30.9. The van der Waals surface area contributed by atoms with E-state index in [-0.39, 0.29) is 41.7 Å². The number of ketones is 1. The number of anilines is 1. The summed E-state index contributed by atoms with van der Waals surface area (Å²) in [5, 5.41) is 3.03. The van der Waals surface area contributed by atoms with Crippen LogP contribution in [-0.2, 0) is 15.9 Å². The number of carbonyl (C=O) groups is 2. The SMILES string of the molecule is CNc1ccc2oc(CC3OC4(CCC3C)OC([C@H](C)C(=O)c3ccc[nH]3)[C@H](C)CC4C)nc2c1C=O. The monoisotopic (exact) mass is 507 g/mol. The molecule has 8 heteroatoms. The van der Waals surface area contributed by atoms with E-state index >= 15 is 0 Å². The zero-order valence-electron chi connectivity index (χ0n) is 22.2. The summed E-state index contributed by atoms with van der Waals surface area (Å²) in [6.07, 6.45) is 5.32. The highest BCUT2D eigenvalue weighted by molar-refractivity contribution is 5.99. The van der Waals surface area contributed by atoms with Crippen LogP contribution in [0.3, 0.4) is 0 Å². The van der Waals surface area contributed by atoms with Crippen molar-refractivity contribution < 1.29 is 23.5 Å². The first-order valence-corrected chi connectivity index (χ1v) is 13.3. The second-order valence-electron chi connectivity index (χ2n) is 11.0. The van der Waals surface area contributed by atoms with E-state index in [9.17, 15) is 9.59 Å². The predicted octanol–water partition coefficient (Wildman–Crippen LogP) is 5.64. The molecule has 2 aliphatic rings. The molecule has 37 heavy (non-hydrogen) atoms. The number of nitrogens with one attached hydrogen (secondary N) is 2. The van der Waals surface area contributed by atoms with Gasteiger partial charge in [0, 0.05) is 37.2 Å². The van der Waals surface area contributed by atoms with Crippen molar-refractivity contribution >= 4 is 28.9 Å². The third-order valence-electron chi connectivity index (χ3n) is 8.48. The number of oxazole rings is 1. The Morgan fingerprint density at radius 3 is 2.76 bits per heavy atom. The molecule has 7 atom stereocenters. The first kappa shape index (κ1) is 25.7. The van der Waals surface area contributed by atoms with Gasteiger partial charge in [-0.25, -0.2) is 4.98 Å². The molecule has 1 spiro atoms. The van der Waals surface area contributed by atoms with Crippen LogP contribution in [0.4, 0.5) is 5.69 Å². The summed E-state index contributed by atoms with van der Waals surface area (Å²) in [6, 6.07) is 7.31. The Balaban J connectivity index is 1.38. The van der Waals surface area contributed by atoms with Gasteiger partial charge in [-0.1, -0.05) is 27.7 Å². The van der Waals surface area contributed by atoms with E-state index in [1.807, 2.05) is 31.2 Å². The van der Waals surface area contributed by atoms with Gasteiger partial charge in [0.1, 0.15) is 5.52 Å². The topological polar surface area (TPSA) is 106 Å². The molecule has 2 aliphatic heterocycles. The van der Waals surface area contributed by atoms with E-state index in [0.717, 1.165) is 31.2 Å². The molecule has 2 fully saturated rings. The van der Waals surface area contributed by atoms with Crippen molar-refractivity contribution in [1.29, 1.82) is 0 Å². The number of fused-ring (bicyclic) bond motifs is 1. The van der Waals surface area contributed by atoms with Crippen LogP contribution in [0.25, 0.3) is 11.1 Å². The Hall–Kier alpha value is -2.97. The zero-order valence-corrected chi connectivity index (χ0v) is 22.2. The lowest BCUT2D eigenvalue weighted by atomic mass is 9.75. The van der Waals surface area contributed by atoms with Crippen LogP contribution in [0.1, 0.15) is 73.7 Å². The molecule has 2 saturated heterocycles. The number of benzene rings is 1. The molecule has 2 N–H and O–H groups in total. The maximum absolute atomic E-state index is 13.1. The van der Waals surface area contributed by atoms with Gasteiger partial charge in [-0.05, 0) is 48.9 Å². The van der Waals surface area contributed by atoms with Crippen molar-refractivity contribution in [2.45, 2.75) is 71.4 Å². The molecule has 0 bridgehead atoms. The van der Waals surface area contributed by atoms with Crippen LogP contribution in [0, 0.1) is 23.7 Å². The van der Waals surface area contributed by atoms with Gasteiger partial charge in [-0.15, -0.1) is 0 Å². The minimum atomic E-state index is -0.752. The molecule has 5 unspecified atom stereocenters. The number of hydrogen-bond donors (Lipinski definition) is 2. The number of H-pyrrole nitrogens is 1. The summed E-state index contributed by atoms with van der Waals surface area (Å²) in [5.74, 6) is 0.263. The maximum Gasteiger partial charge on any atom is 0.198 e. The van der Waals surface area contributed by atoms with Gasteiger partial charge in [0.15, 0.2) is 29.3 Å². The van der Waals surface area contributed by atoms with Crippen LogP contribution in [0.2, 0.25) is 0 Å². The lowest BCUT2D eigenvalue weighted by Gasteiger charge is -2.53. The van der Waals surface area contributed by atoms with E-state index in [4.69, 9.17) is 13.9 Å². The number of carbonyl (C=O) groups excluding carboxylic acids is 2. The maximum atomic E-state index is 13.1. The van der Waals surface area contributed by atoms with Crippen molar-refractivity contribution in [3.8, 4) is 0 Å². The van der Waals surface area contributed by atoms with E-state index in [1.165, 1.54) is 0 Å². The lowest BCUT2D eigenvalue weighted by Crippen LogP contribution is -2.58. The van der Waals surface area contributed by atoms with Crippen molar-refractivity contribution in [2.75, 3.05) is 12.4 Å². The highest BCUT2D eigenvalue weighted by Gasteiger charge is 2.52. The fourth-order valence-electron chi connectivity index (χ4n) is 6.20. The second-order valence-corrected chi connectivity index (χ2v) is 11.0. The fourth-order valence-corrected chi connectivity index (χ4v) is 6.20. The van der Waals surface area contributed by atoms with E-state index in [1.54, 1.807) is 13.2 Å². The van der Waals surface area contributed by atoms with E-state index in [0.29, 0.717) is 34.7 Å². The van der Waals surface area contributed by atoms with Gasteiger partial charge in [0.2, 0.25) is 0 Å². The molecule has 4 heterocycles. The average Bonchev–Trinajstić information content (AvgIpc) is 3.57. The van der Waals surface area contributed by atoms with Crippen molar-refractivity contribution in [3.05, 3.63) is 47.6 Å². The van der Waals surface area contributed by atoms with Crippen LogP contribution in [0.5, 0.6) is 0 Å². The molecule has 1 aromatic carbocycles.